The number of pyridine rings is 1. The first-order valence-electron chi connectivity index (χ1n) is 6.29. The fourth-order valence-electron chi connectivity index (χ4n) is 1.64. The topological polar surface area (TPSA) is 85.1 Å². The van der Waals surface area contributed by atoms with Crippen LogP contribution in [0.3, 0.4) is 0 Å². The first-order chi connectivity index (χ1) is 10.1. The van der Waals surface area contributed by atoms with Gasteiger partial charge in [-0.05, 0) is 11.6 Å². The lowest BCUT2D eigenvalue weighted by atomic mass is 10.2. The van der Waals surface area contributed by atoms with Crippen LogP contribution in [-0.4, -0.2) is 19.9 Å². The minimum absolute atomic E-state index is 0.0854. The summed E-state index contributed by atoms with van der Waals surface area (Å²) in [5.41, 5.74) is 6.69. The fraction of sp³-hybridized carbons (Fsp3) is 0.133. The van der Waals surface area contributed by atoms with Gasteiger partial charge < -0.3 is 5.73 Å². The highest BCUT2D eigenvalue weighted by Gasteiger charge is 2.14. The van der Waals surface area contributed by atoms with Gasteiger partial charge in [-0.25, -0.2) is 13.1 Å². The molecule has 3 N–H and O–H groups in total. The Labute approximate surface area is 124 Å². The van der Waals surface area contributed by atoms with Gasteiger partial charge in [0, 0.05) is 24.5 Å². The third-order valence-corrected chi connectivity index (χ3v) is 4.04. The summed E-state index contributed by atoms with van der Waals surface area (Å²) in [6.07, 6.45) is 2.79. The number of sulfonamides is 1. The van der Waals surface area contributed by atoms with E-state index in [4.69, 9.17) is 5.73 Å². The number of benzene rings is 1. The number of nitrogens with one attached hydrogen (secondary N) is 1. The van der Waals surface area contributed by atoms with Crippen molar-refractivity contribution in [2.24, 2.45) is 5.73 Å². The van der Waals surface area contributed by atoms with Gasteiger partial charge in [0.1, 0.15) is 4.90 Å². The minimum Gasteiger partial charge on any atom is -0.320 e. The maximum Gasteiger partial charge on any atom is 0.242 e. The lowest BCUT2D eigenvalue weighted by Crippen LogP contribution is -2.23. The molecule has 0 radical (unpaired) electrons. The number of rotatable bonds is 4. The highest BCUT2D eigenvalue weighted by Crippen LogP contribution is 2.10. The van der Waals surface area contributed by atoms with Crippen molar-refractivity contribution in [1.82, 2.24) is 9.71 Å². The zero-order chi connectivity index (χ0) is 15.1. The van der Waals surface area contributed by atoms with Crippen molar-refractivity contribution < 1.29 is 8.42 Å². The largest absolute Gasteiger partial charge is 0.320 e. The molecule has 0 aliphatic rings. The molecule has 1 heterocycles. The van der Waals surface area contributed by atoms with Gasteiger partial charge in [0.15, 0.2) is 0 Å². The van der Waals surface area contributed by atoms with Crippen molar-refractivity contribution in [2.45, 2.75) is 11.4 Å². The molecule has 108 valence electrons. The third kappa shape index (κ3) is 4.39. The van der Waals surface area contributed by atoms with Gasteiger partial charge in [-0.3, -0.25) is 4.98 Å². The Hall–Kier alpha value is -2.20. The summed E-state index contributed by atoms with van der Waals surface area (Å²) in [7, 11) is -3.62. The van der Waals surface area contributed by atoms with Crippen LogP contribution in [-0.2, 0) is 16.6 Å². The Morgan fingerprint density at radius 2 is 1.95 bits per heavy atom. The summed E-state index contributed by atoms with van der Waals surface area (Å²) in [6.45, 7) is 0.436. The van der Waals surface area contributed by atoms with Gasteiger partial charge in [-0.1, -0.05) is 42.2 Å². The highest BCUT2D eigenvalue weighted by molar-refractivity contribution is 7.89. The summed E-state index contributed by atoms with van der Waals surface area (Å²) in [6, 6.07) is 10.8. The molecule has 0 bridgehead atoms. The Morgan fingerprint density at radius 3 is 2.67 bits per heavy atom. The van der Waals surface area contributed by atoms with E-state index in [0.717, 1.165) is 5.56 Å². The lowest BCUT2D eigenvalue weighted by molar-refractivity contribution is 0.581. The van der Waals surface area contributed by atoms with Crippen LogP contribution in [0.5, 0.6) is 0 Å². The van der Waals surface area contributed by atoms with Crippen LogP contribution in [0.1, 0.15) is 11.1 Å². The van der Waals surface area contributed by atoms with E-state index < -0.39 is 10.0 Å². The Bertz CT molecular complexity index is 762. The Kier molecular flexibility index (Phi) is 5.06. The van der Waals surface area contributed by atoms with Crippen LogP contribution in [0.25, 0.3) is 0 Å². The van der Waals surface area contributed by atoms with E-state index in [-0.39, 0.29) is 18.0 Å². The molecule has 1 aromatic carbocycles. The Morgan fingerprint density at radius 1 is 1.19 bits per heavy atom. The standard InChI is InChI=1S/C15H15N3O2S/c16-8-4-7-14-9-15(12-17-10-14)21(19,20)18-11-13-5-2-1-3-6-13/h1-3,5-6,9-10,12,18H,8,11,16H2. The minimum atomic E-state index is -3.62. The van der Waals surface area contributed by atoms with Crippen LogP contribution >= 0.6 is 0 Å². The average molecular weight is 301 g/mol. The zero-order valence-corrected chi connectivity index (χ0v) is 12.1. The predicted molar refractivity (Wildman–Crippen MR) is 80.6 cm³/mol. The molecule has 0 unspecified atom stereocenters. The van der Waals surface area contributed by atoms with E-state index in [2.05, 4.69) is 21.5 Å². The molecule has 0 fully saturated rings. The van der Waals surface area contributed by atoms with Crippen LogP contribution < -0.4 is 10.5 Å². The molecule has 2 aromatic rings. The second-order valence-corrected chi connectivity index (χ2v) is 5.99. The molecular weight excluding hydrogens is 286 g/mol. The summed E-state index contributed by atoms with van der Waals surface area (Å²) in [5, 5.41) is 0. The van der Waals surface area contributed by atoms with Gasteiger partial charge in [0.05, 0.1) is 6.54 Å². The maximum absolute atomic E-state index is 12.2. The number of nitrogens with two attached hydrogens (primary N) is 1. The molecule has 5 nitrogen and oxygen atoms in total. The molecule has 0 saturated carbocycles. The SMILES string of the molecule is NCC#Cc1cncc(S(=O)(=O)NCc2ccccc2)c1. The third-order valence-electron chi connectivity index (χ3n) is 2.67. The van der Waals surface area contributed by atoms with Crippen LogP contribution in [0.15, 0.2) is 53.7 Å². The summed E-state index contributed by atoms with van der Waals surface area (Å²) < 4.78 is 26.9. The van der Waals surface area contributed by atoms with Crippen molar-refractivity contribution in [3.8, 4) is 11.8 Å². The average Bonchev–Trinajstić information content (AvgIpc) is 2.52. The van der Waals surface area contributed by atoms with E-state index >= 15 is 0 Å². The van der Waals surface area contributed by atoms with E-state index in [1.165, 1.54) is 18.5 Å². The maximum atomic E-state index is 12.2. The van der Waals surface area contributed by atoms with Crippen molar-refractivity contribution in [3.05, 3.63) is 59.9 Å². The summed E-state index contributed by atoms with van der Waals surface area (Å²) >= 11 is 0. The molecule has 2 rings (SSSR count). The van der Waals surface area contributed by atoms with Gasteiger partial charge >= 0.3 is 0 Å². The Balaban J connectivity index is 2.16. The van der Waals surface area contributed by atoms with Crippen molar-refractivity contribution >= 4 is 10.0 Å². The van der Waals surface area contributed by atoms with Gasteiger partial charge in [-0.2, -0.15) is 0 Å². The molecule has 0 spiro atoms. The molecule has 0 saturated heterocycles. The van der Waals surface area contributed by atoms with Crippen molar-refractivity contribution in [1.29, 1.82) is 0 Å². The van der Waals surface area contributed by atoms with Crippen molar-refractivity contribution in [3.63, 3.8) is 0 Å². The van der Waals surface area contributed by atoms with Gasteiger partial charge in [0.25, 0.3) is 0 Å². The fourth-order valence-corrected chi connectivity index (χ4v) is 2.65. The second kappa shape index (κ2) is 6.99. The van der Waals surface area contributed by atoms with Gasteiger partial charge in [0.2, 0.25) is 10.0 Å². The summed E-state index contributed by atoms with van der Waals surface area (Å²) in [5.74, 6) is 5.42. The van der Waals surface area contributed by atoms with Crippen molar-refractivity contribution in [2.75, 3.05) is 6.54 Å². The predicted octanol–water partition coefficient (Wildman–Crippen LogP) is 0.870. The van der Waals surface area contributed by atoms with E-state index in [0.29, 0.717) is 5.56 Å². The molecule has 21 heavy (non-hydrogen) atoms. The highest BCUT2D eigenvalue weighted by atomic mass is 32.2. The second-order valence-electron chi connectivity index (χ2n) is 4.23. The molecule has 1 aromatic heterocycles. The first kappa shape index (κ1) is 15.2. The molecule has 0 aliphatic carbocycles. The zero-order valence-electron chi connectivity index (χ0n) is 11.3. The molecule has 0 amide bonds. The van der Waals surface area contributed by atoms with E-state index in [1.807, 2.05) is 30.3 Å². The lowest BCUT2D eigenvalue weighted by Gasteiger charge is -2.06. The van der Waals surface area contributed by atoms with E-state index in [1.54, 1.807) is 0 Å². The van der Waals surface area contributed by atoms with Crippen LogP contribution in [0.4, 0.5) is 0 Å². The summed E-state index contributed by atoms with van der Waals surface area (Å²) in [4.78, 5) is 3.98. The first-order valence-corrected chi connectivity index (χ1v) is 7.78. The quantitative estimate of drug-likeness (QED) is 0.821. The normalized spacial score (nSPS) is 10.7. The van der Waals surface area contributed by atoms with Gasteiger partial charge in [-0.15, -0.1) is 0 Å². The van der Waals surface area contributed by atoms with Crippen LogP contribution in [0, 0.1) is 11.8 Å². The number of hydrogen-bond donors (Lipinski definition) is 2. The monoisotopic (exact) mass is 301 g/mol. The molecule has 0 atom stereocenters. The van der Waals surface area contributed by atoms with Crippen LogP contribution in [0.2, 0.25) is 0 Å². The number of nitrogens with zero attached hydrogens (tertiary/aromatic N) is 1. The number of hydrogen-bond acceptors (Lipinski definition) is 4. The molecule has 6 heteroatoms. The molecule has 0 aliphatic heterocycles. The van der Waals surface area contributed by atoms with E-state index in [9.17, 15) is 8.42 Å². The smallest absolute Gasteiger partial charge is 0.242 e. The number of aromatic nitrogens is 1. The molecular formula is C15H15N3O2S.